The number of nitrogens with zero attached hydrogens (tertiary/aromatic N) is 4. The minimum Gasteiger partial charge on any atom is -0.349 e. The first-order valence-corrected chi connectivity index (χ1v) is 9.70. The van der Waals surface area contributed by atoms with Gasteiger partial charge in [-0.15, -0.1) is 0 Å². The van der Waals surface area contributed by atoms with Crippen LogP contribution in [0.1, 0.15) is 40.7 Å². The Balaban J connectivity index is 2.03. The molecule has 152 valence electrons. The molecule has 1 N–H and O–H groups in total. The molecule has 0 bridgehead atoms. The van der Waals surface area contributed by atoms with Crippen LogP contribution in [0.5, 0.6) is 0 Å². The number of hydrogen-bond donors (Lipinski definition) is 1. The van der Waals surface area contributed by atoms with Crippen LogP contribution in [-0.4, -0.2) is 43.6 Å². The minimum absolute atomic E-state index is 0.0131. The molecule has 0 aromatic carbocycles. The zero-order valence-corrected chi connectivity index (χ0v) is 17.3. The first kappa shape index (κ1) is 20.1. The van der Waals surface area contributed by atoms with Crippen molar-refractivity contribution in [1.29, 1.82) is 0 Å². The summed E-state index contributed by atoms with van der Waals surface area (Å²) in [6.45, 7) is 8.54. The van der Waals surface area contributed by atoms with Gasteiger partial charge in [0.2, 0.25) is 0 Å². The second-order valence-corrected chi connectivity index (χ2v) is 7.52. The number of aryl methyl sites for hydroxylation is 2. The second-order valence-electron chi connectivity index (χ2n) is 7.52. The molecule has 1 aliphatic rings. The van der Waals surface area contributed by atoms with Crippen LogP contribution in [0.15, 0.2) is 21.9 Å². The van der Waals surface area contributed by atoms with Crippen molar-refractivity contribution >= 4 is 5.91 Å². The van der Waals surface area contributed by atoms with Gasteiger partial charge in [0.1, 0.15) is 0 Å². The number of carbonyl (C=O) groups excluding carboxylic acids is 1. The van der Waals surface area contributed by atoms with Crippen LogP contribution < -0.4 is 16.6 Å². The van der Waals surface area contributed by atoms with Gasteiger partial charge in [-0.25, -0.2) is 4.79 Å². The molecule has 1 fully saturated rings. The quantitative estimate of drug-likeness (QED) is 0.811. The maximum absolute atomic E-state index is 13.5. The molecule has 0 radical (unpaired) electrons. The standard InChI is InChI=1S/C20H29N5O3/c1-6-24-13(2)9-17(14(24)3)19(27)25(16-7-8-21-10-16)12-15-11-22(4)20(28)23(5)18(15)26/h9,11,16,21H,6-8,10,12H2,1-5H3/t16-/m1/s1. The number of nitrogens with one attached hydrogen (secondary N) is 1. The van der Waals surface area contributed by atoms with Gasteiger partial charge in [-0.1, -0.05) is 0 Å². The highest BCUT2D eigenvalue weighted by atomic mass is 16.2. The van der Waals surface area contributed by atoms with Crippen LogP contribution >= 0.6 is 0 Å². The van der Waals surface area contributed by atoms with E-state index in [1.165, 1.54) is 11.6 Å². The number of hydrogen-bond acceptors (Lipinski definition) is 4. The molecule has 0 spiro atoms. The third-order valence-electron chi connectivity index (χ3n) is 5.71. The van der Waals surface area contributed by atoms with Crippen molar-refractivity contribution in [3.63, 3.8) is 0 Å². The van der Waals surface area contributed by atoms with Gasteiger partial charge in [0.25, 0.3) is 11.5 Å². The molecule has 3 heterocycles. The lowest BCUT2D eigenvalue weighted by Crippen LogP contribution is -2.45. The predicted octanol–water partition coefficient (Wildman–Crippen LogP) is 0.527. The van der Waals surface area contributed by atoms with E-state index < -0.39 is 0 Å². The lowest BCUT2D eigenvalue weighted by molar-refractivity contribution is 0.0673. The maximum Gasteiger partial charge on any atom is 0.330 e. The Morgan fingerprint density at radius 1 is 1.29 bits per heavy atom. The molecule has 28 heavy (non-hydrogen) atoms. The summed E-state index contributed by atoms with van der Waals surface area (Å²) in [7, 11) is 3.08. The Hall–Kier alpha value is -2.61. The van der Waals surface area contributed by atoms with Crippen molar-refractivity contribution in [1.82, 2.24) is 23.9 Å². The Labute approximate surface area is 164 Å². The summed E-state index contributed by atoms with van der Waals surface area (Å²) in [5.74, 6) is -0.0718. The van der Waals surface area contributed by atoms with E-state index in [-0.39, 0.29) is 29.7 Å². The van der Waals surface area contributed by atoms with Gasteiger partial charge in [0.15, 0.2) is 0 Å². The number of carbonyl (C=O) groups is 1. The molecule has 3 rings (SSSR count). The lowest BCUT2D eigenvalue weighted by Gasteiger charge is -2.29. The molecular formula is C20H29N5O3. The summed E-state index contributed by atoms with van der Waals surface area (Å²) in [5, 5.41) is 3.30. The topological polar surface area (TPSA) is 81.3 Å². The molecule has 2 aromatic rings. The van der Waals surface area contributed by atoms with E-state index in [0.717, 1.165) is 35.5 Å². The summed E-state index contributed by atoms with van der Waals surface area (Å²) in [4.78, 5) is 39.9. The molecule has 0 aliphatic carbocycles. The molecule has 0 unspecified atom stereocenters. The Morgan fingerprint density at radius 2 is 2.00 bits per heavy atom. The first-order chi connectivity index (χ1) is 13.3. The fourth-order valence-electron chi connectivity index (χ4n) is 4.11. The van der Waals surface area contributed by atoms with E-state index in [4.69, 9.17) is 0 Å². The van der Waals surface area contributed by atoms with Crippen molar-refractivity contribution in [2.45, 2.75) is 46.3 Å². The predicted molar refractivity (Wildman–Crippen MR) is 108 cm³/mol. The zero-order chi connectivity index (χ0) is 20.6. The van der Waals surface area contributed by atoms with E-state index in [2.05, 4.69) is 16.8 Å². The van der Waals surface area contributed by atoms with E-state index in [0.29, 0.717) is 17.7 Å². The number of amides is 1. The van der Waals surface area contributed by atoms with Crippen molar-refractivity contribution in [3.8, 4) is 0 Å². The molecule has 0 saturated carbocycles. The van der Waals surface area contributed by atoms with E-state index in [1.54, 1.807) is 18.1 Å². The van der Waals surface area contributed by atoms with Gasteiger partial charge >= 0.3 is 5.69 Å². The van der Waals surface area contributed by atoms with Gasteiger partial charge in [-0.05, 0) is 39.8 Å². The molecule has 1 aliphatic heterocycles. The highest BCUT2D eigenvalue weighted by Gasteiger charge is 2.30. The van der Waals surface area contributed by atoms with Gasteiger partial charge in [-0.3, -0.25) is 14.2 Å². The normalized spacial score (nSPS) is 16.5. The average Bonchev–Trinajstić information content (AvgIpc) is 3.29. The average molecular weight is 387 g/mol. The Kier molecular flexibility index (Phi) is 5.60. The van der Waals surface area contributed by atoms with E-state index in [9.17, 15) is 14.4 Å². The van der Waals surface area contributed by atoms with E-state index in [1.807, 2.05) is 19.9 Å². The van der Waals surface area contributed by atoms with Crippen molar-refractivity contribution in [2.24, 2.45) is 14.1 Å². The SMILES string of the molecule is CCn1c(C)cc(C(=O)N(Cc2cn(C)c(=O)n(C)c2=O)[C@@H]2CCNC2)c1C. The monoisotopic (exact) mass is 387 g/mol. The molecule has 1 atom stereocenters. The highest BCUT2D eigenvalue weighted by Crippen LogP contribution is 2.21. The van der Waals surface area contributed by atoms with Gasteiger partial charge in [0.05, 0.1) is 17.7 Å². The summed E-state index contributed by atoms with van der Waals surface area (Å²) < 4.78 is 4.59. The smallest absolute Gasteiger partial charge is 0.330 e. The molecule has 8 heteroatoms. The van der Waals surface area contributed by atoms with E-state index >= 15 is 0 Å². The Bertz CT molecular complexity index is 1010. The lowest BCUT2D eigenvalue weighted by atomic mass is 10.1. The number of aromatic nitrogens is 3. The van der Waals surface area contributed by atoms with Crippen LogP contribution in [0, 0.1) is 13.8 Å². The van der Waals surface area contributed by atoms with Gasteiger partial charge in [0, 0.05) is 50.8 Å². The van der Waals surface area contributed by atoms with Crippen LogP contribution in [0.3, 0.4) is 0 Å². The fraction of sp³-hybridized carbons (Fsp3) is 0.550. The maximum atomic E-state index is 13.5. The second kappa shape index (κ2) is 7.79. The van der Waals surface area contributed by atoms with Gasteiger partial charge in [-0.2, -0.15) is 0 Å². The third-order valence-corrected chi connectivity index (χ3v) is 5.71. The fourth-order valence-corrected chi connectivity index (χ4v) is 4.11. The minimum atomic E-state index is -0.374. The molecule has 8 nitrogen and oxygen atoms in total. The van der Waals surface area contributed by atoms with Crippen LogP contribution in [0.4, 0.5) is 0 Å². The van der Waals surface area contributed by atoms with Gasteiger partial charge < -0.3 is 19.4 Å². The molecule has 2 aromatic heterocycles. The van der Waals surface area contributed by atoms with Crippen molar-refractivity contribution in [2.75, 3.05) is 13.1 Å². The molecule has 1 amide bonds. The summed E-state index contributed by atoms with van der Waals surface area (Å²) in [6.07, 6.45) is 2.38. The van der Waals surface area contributed by atoms with Crippen LogP contribution in [0.25, 0.3) is 0 Å². The van der Waals surface area contributed by atoms with Crippen LogP contribution in [-0.2, 0) is 27.2 Å². The molecule has 1 saturated heterocycles. The number of rotatable bonds is 5. The summed E-state index contributed by atoms with van der Waals surface area (Å²) >= 11 is 0. The third kappa shape index (κ3) is 3.44. The zero-order valence-electron chi connectivity index (χ0n) is 17.3. The summed E-state index contributed by atoms with van der Waals surface area (Å²) in [5.41, 5.74) is 2.37. The highest BCUT2D eigenvalue weighted by molar-refractivity contribution is 5.96. The largest absolute Gasteiger partial charge is 0.349 e. The summed E-state index contributed by atoms with van der Waals surface area (Å²) in [6, 6.07) is 1.94. The first-order valence-electron chi connectivity index (χ1n) is 9.70. The van der Waals surface area contributed by atoms with Crippen molar-refractivity contribution < 1.29 is 4.79 Å². The Morgan fingerprint density at radius 3 is 2.57 bits per heavy atom. The van der Waals surface area contributed by atoms with Crippen molar-refractivity contribution in [3.05, 3.63) is 55.6 Å². The van der Waals surface area contributed by atoms with Crippen LogP contribution in [0.2, 0.25) is 0 Å². The molecular weight excluding hydrogens is 358 g/mol.